The Morgan fingerprint density at radius 3 is 2.53 bits per heavy atom. The molecule has 2 aromatic rings. The number of anilines is 1. The minimum Gasteiger partial charge on any atom is -0.347 e. The lowest BCUT2D eigenvalue weighted by Crippen LogP contribution is -2.24. The second-order valence-electron chi connectivity index (χ2n) is 4.10. The van der Waals surface area contributed by atoms with Crippen LogP contribution in [-0.2, 0) is 6.54 Å². The first-order chi connectivity index (χ1) is 9.19. The molecule has 98 valence electrons. The highest BCUT2D eigenvalue weighted by Gasteiger charge is 2.07. The molecule has 0 spiro atoms. The van der Waals surface area contributed by atoms with Crippen LogP contribution in [0, 0.1) is 6.92 Å². The van der Waals surface area contributed by atoms with E-state index in [1.807, 2.05) is 31.2 Å². The molecule has 0 saturated heterocycles. The number of hydrogen-bond acceptors (Lipinski definition) is 5. The third-order valence-corrected chi connectivity index (χ3v) is 2.61. The highest BCUT2D eigenvalue weighted by molar-refractivity contribution is 5.91. The maximum atomic E-state index is 11.8. The fourth-order valence-electron chi connectivity index (χ4n) is 1.50. The fraction of sp³-hybridized carbons (Fsp3) is 0.154. The number of nitrogens with zero attached hydrogens (tertiary/aromatic N) is 2. The summed E-state index contributed by atoms with van der Waals surface area (Å²) in [5, 5.41) is 2.78. The van der Waals surface area contributed by atoms with Crippen molar-refractivity contribution in [3.63, 3.8) is 0 Å². The first-order valence-corrected chi connectivity index (χ1v) is 5.81. The average Bonchev–Trinajstić information content (AvgIpc) is 2.46. The van der Waals surface area contributed by atoms with Gasteiger partial charge in [0.1, 0.15) is 5.69 Å². The van der Waals surface area contributed by atoms with Crippen LogP contribution < -0.4 is 16.6 Å². The van der Waals surface area contributed by atoms with E-state index in [4.69, 9.17) is 5.84 Å². The van der Waals surface area contributed by atoms with Crippen molar-refractivity contribution in [2.75, 3.05) is 5.43 Å². The van der Waals surface area contributed by atoms with Crippen LogP contribution in [0.25, 0.3) is 0 Å². The molecule has 4 N–H and O–H groups in total. The monoisotopic (exact) mass is 257 g/mol. The summed E-state index contributed by atoms with van der Waals surface area (Å²) in [5.41, 5.74) is 4.83. The Labute approximate surface area is 111 Å². The number of carbonyl (C=O) groups is 1. The van der Waals surface area contributed by atoms with E-state index in [0.29, 0.717) is 12.4 Å². The van der Waals surface area contributed by atoms with Crippen molar-refractivity contribution in [1.29, 1.82) is 0 Å². The molecular weight excluding hydrogens is 242 g/mol. The molecule has 1 aromatic heterocycles. The summed E-state index contributed by atoms with van der Waals surface area (Å²) in [4.78, 5) is 19.7. The van der Waals surface area contributed by atoms with E-state index in [1.165, 1.54) is 18.0 Å². The van der Waals surface area contributed by atoms with E-state index in [1.54, 1.807) is 0 Å². The van der Waals surface area contributed by atoms with Gasteiger partial charge in [-0.2, -0.15) is 0 Å². The minimum absolute atomic E-state index is 0.256. The Kier molecular flexibility index (Phi) is 4.04. The summed E-state index contributed by atoms with van der Waals surface area (Å²) in [6.45, 7) is 2.47. The van der Waals surface area contributed by atoms with Gasteiger partial charge in [-0.25, -0.2) is 15.8 Å². The van der Waals surface area contributed by atoms with Crippen LogP contribution in [0.5, 0.6) is 0 Å². The summed E-state index contributed by atoms with van der Waals surface area (Å²) < 4.78 is 0. The Hall–Kier alpha value is -2.47. The quantitative estimate of drug-likeness (QED) is 0.561. The number of hydrogen-bond donors (Lipinski definition) is 3. The predicted octanol–water partition coefficient (Wildman–Crippen LogP) is 1.00. The molecule has 0 bridgehead atoms. The normalized spacial score (nSPS) is 10.0. The molecule has 1 amide bonds. The maximum Gasteiger partial charge on any atom is 0.271 e. The zero-order valence-corrected chi connectivity index (χ0v) is 10.6. The molecule has 0 fully saturated rings. The predicted molar refractivity (Wildman–Crippen MR) is 72.2 cm³/mol. The summed E-state index contributed by atoms with van der Waals surface area (Å²) in [5.74, 6) is 5.31. The van der Waals surface area contributed by atoms with Crippen LogP contribution in [0.3, 0.4) is 0 Å². The lowest BCUT2D eigenvalue weighted by atomic mass is 10.1. The van der Waals surface area contributed by atoms with Crippen molar-refractivity contribution in [1.82, 2.24) is 15.3 Å². The van der Waals surface area contributed by atoms with Crippen LogP contribution in [0.4, 0.5) is 5.82 Å². The van der Waals surface area contributed by atoms with Crippen LogP contribution in [0.1, 0.15) is 21.6 Å². The van der Waals surface area contributed by atoms with Gasteiger partial charge < -0.3 is 10.7 Å². The van der Waals surface area contributed by atoms with Crippen LogP contribution in [0.2, 0.25) is 0 Å². The second kappa shape index (κ2) is 5.92. The maximum absolute atomic E-state index is 11.8. The standard InChI is InChI=1S/C13H15N5O/c1-9-2-4-10(5-3-9)6-17-13(19)11-7-16-12(18-14)8-15-11/h2-5,7-8H,6,14H2,1H3,(H,16,18)(H,17,19). The lowest BCUT2D eigenvalue weighted by Gasteiger charge is -2.05. The number of benzene rings is 1. The Morgan fingerprint density at radius 1 is 1.21 bits per heavy atom. The van der Waals surface area contributed by atoms with Gasteiger partial charge >= 0.3 is 0 Å². The third-order valence-electron chi connectivity index (χ3n) is 2.61. The summed E-state index contributed by atoms with van der Waals surface area (Å²) in [6, 6.07) is 7.96. The second-order valence-corrected chi connectivity index (χ2v) is 4.10. The lowest BCUT2D eigenvalue weighted by molar-refractivity contribution is 0.0945. The Bertz CT molecular complexity index is 550. The number of nitrogens with one attached hydrogen (secondary N) is 2. The van der Waals surface area contributed by atoms with Crippen molar-refractivity contribution in [3.05, 3.63) is 53.5 Å². The van der Waals surface area contributed by atoms with E-state index >= 15 is 0 Å². The number of rotatable bonds is 4. The van der Waals surface area contributed by atoms with Crippen molar-refractivity contribution >= 4 is 11.7 Å². The number of carbonyl (C=O) groups excluding carboxylic acids is 1. The molecule has 0 saturated carbocycles. The van der Waals surface area contributed by atoms with E-state index < -0.39 is 0 Å². The Balaban J connectivity index is 1.95. The zero-order valence-electron chi connectivity index (χ0n) is 10.6. The molecule has 6 nitrogen and oxygen atoms in total. The van der Waals surface area contributed by atoms with E-state index in [2.05, 4.69) is 20.7 Å². The molecule has 1 heterocycles. The fourth-order valence-corrected chi connectivity index (χ4v) is 1.50. The highest BCUT2D eigenvalue weighted by Crippen LogP contribution is 2.03. The van der Waals surface area contributed by atoms with Crippen molar-refractivity contribution in [2.45, 2.75) is 13.5 Å². The first kappa shape index (κ1) is 13.0. The van der Waals surface area contributed by atoms with Gasteiger partial charge in [-0.05, 0) is 12.5 Å². The molecule has 0 aliphatic heterocycles. The number of aromatic nitrogens is 2. The van der Waals surface area contributed by atoms with Gasteiger partial charge in [0.2, 0.25) is 0 Å². The largest absolute Gasteiger partial charge is 0.347 e. The molecule has 0 aliphatic carbocycles. The summed E-state index contributed by atoms with van der Waals surface area (Å²) in [7, 11) is 0. The smallest absolute Gasteiger partial charge is 0.271 e. The van der Waals surface area contributed by atoms with Gasteiger partial charge in [0.05, 0.1) is 12.4 Å². The summed E-state index contributed by atoms with van der Waals surface area (Å²) in [6.07, 6.45) is 2.78. The SMILES string of the molecule is Cc1ccc(CNC(=O)c2cnc(NN)cn2)cc1. The number of nitrogen functional groups attached to an aromatic ring is 1. The third kappa shape index (κ3) is 3.49. The molecule has 0 radical (unpaired) electrons. The van der Waals surface area contributed by atoms with Gasteiger partial charge in [-0.3, -0.25) is 4.79 Å². The molecule has 19 heavy (non-hydrogen) atoms. The molecule has 0 atom stereocenters. The number of aryl methyl sites for hydroxylation is 1. The number of hydrazine groups is 1. The molecule has 0 unspecified atom stereocenters. The van der Waals surface area contributed by atoms with Gasteiger partial charge in [0.15, 0.2) is 5.82 Å². The van der Waals surface area contributed by atoms with Crippen molar-refractivity contribution in [2.24, 2.45) is 5.84 Å². The van der Waals surface area contributed by atoms with Gasteiger partial charge in [-0.15, -0.1) is 0 Å². The van der Waals surface area contributed by atoms with Crippen LogP contribution in [-0.4, -0.2) is 15.9 Å². The van der Waals surface area contributed by atoms with Crippen molar-refractivity contribution < 1.29 is 4.79 Å². The number of nitrogens with two attached hydrogens (primary N) is 1. The minimum atomic E-state index is -0.267. The molecule has 1 aromatic carbocycles. The Morgan fingerprint density at radius 2 is 1.95 bits per heavy atom. The molecule has 0 aliphatic rings. The van der Waals surface area contributed by atoms with Gasteiger partial charge in [0.25, 0.3) is 5.91 Å². The van der Waals surface area contributed by atoms with E-state index in [-0.39, 0.29) is 11.6 Å². The molecule has 6 heteroatoms. The van der Waals surface area contributed by atoms with Crippen molar-refractivity contribution in [3.8, 4) is 0 Å². The zero-order chi connectivity index (χ0) is 13.7. The van der Waals surface area contributed by atoms with Gasteiger partial charge in [0, 0.05) is 6.54 Å². The molecular formula is C13H15N5O. The summed E-state index contributed by atoms with van der Waals surface area (Å²) >= 11 is 0. The highest BCUT2D eigenvalue weighted by atomic mass is 16.1. The van der Waals surface area contributed by atoms with Crippen LogP contribution >= 0.6 is 0 Å². The van der Waals surface area contributed by atoms with Gasteiger partial charge in [-0.1, -0.05) is 29.8 Å². The first-order valence-electron chi connectivity index (χ1n) is 5.81. The molecule has 2 rings (SSSR count). The number of amides is 1. The van der Waals surface area contributed by atoms with E-state index in [0.717, 1.165) is 5.56 Å². The average molecular weight is 257 g/mol. The van der Waals surface area contributed by atoms with Crippen LogP contribution in [0.15, 0.2) is 36.7 Å². The van der Waals surface area contributed by atoms with E-state index in [9.17, 15) is 4.79 Å². The topological polar surface area (TPSA) is 92.9 Å².